The van der Waals surface area contributed by atoms with Crippen LogP contribution in [0.25, 0.3) is 11.4 Å². The second kappa shape index (κ2) is 8.77. The first-order valence-electron chi connectivity index (χ1n) is 9.68. The van der Waals surface area contributed by atoms with Crippen molar-refractivity contribution in [1.82, 2.24) is 19.9 Å². The lowest BCUT2D eigenvalue weighted by Crippen LogP contribution is -2.33. The normalized spacial score (nSPS) is 15.8. The molecule has 0 unspecified atom stereocenters. The lowest BCUT2D eigenvalue weighted by atomic mass is 10.0. The first-order valence-corrected chi connectivity index (χ1v) is 9.68. The summed E-state index contributed by atoms with van der Waals surface area (Å²) in [5.74, 6) is 1.77. The molecule has 1 N–H and O–H groups in total. The van der Waals surface area contributed by atoms with Gasteiger partial charge in [0.1, 0.15) is 17.3 Å². The van der Waals surface area contributed by atoms with Gasteiger partial charge in [-0.25, -0.2) is 4.98 Å². The molecular formula is C22H22N4O4. The van der Waals surface area contributed by atoms with E-state index in [0.717, 1.165) is 17.7 Å². The smallest absolute Gasteiger partial charge is 0.260 e. The number of carbonyl (C=O) groups is 1. The van der Waals surface area contributed by atoms with Gasteiger partial charge < -0.3 is 19.4 Å². The number of pyridine rings is 1. The van der Waals surface area contributed by atoms with E-state index in [4.69, 9.17) is 9.47 Å². The number of amides is 1. The predicted octanol–water partition coefficient (Wildman–Crippen LogP) is 2.24. The van der Waals surface area contributed by atoms with Gasteiger partial charge in [-0.2, -0.15) is 0 Å². The molecule has 0 spiro atoms. The van der Waals surface area contributed by atoms with Gasteiger partial charge in [0.2, 0.25) is 0 Å². The summed E-state index contributed by atoms with van der Waals surface area (Å²) in [6.45, 7) is 1.08. The molecule has 3 heterocycles. The molecule has 154 valence electrons. The Balaban J connectivity index is 1.39. The Morgan fingerprint density at radius 3 is 2.63 bits per heavy atom. The minimum atomic E-state index is -0.209. The highest BCUT2D eigenvalue weighted by Gasteiger charge is 2.29. The number of nitrogens with zero attached hydrogens (tertiary/aromatic N) is 3. The maximum absolute atomic E-state index is 12.6. The largest absolute Gasteiger partial charge is 0.497 e. The zero-order valence-electron chi connectivity index (χ0n) is 16.6. The number of methoxy groups -OCH3 is 1. The van der Waals surface area contributed by atoms with Crippen molar-refractivity contribution < 1.29 is 14.3 Å². The molecule has 1 amide bonds. The van der Waals surface area contributed by atoms with Crippen molar-refractivity contribution in [1.29, 1.82) is 0 Å². The maximum Gasteiger partial charge on any atom is 0.260 e. The molecule has 1 aliphatic heterocycles. The maximum atomic E-state index is 12.6. The van der Waals surface area contributed by atoms with Crippen LogP contribution in [0.5, 0.6) is 11.5 Å². The number of hydrogen-bond acceptors (Lipinski definition) is 6. The van der Waals surface area contributed by atoms with Crippen molar-refractivity contribution >= 4 is 5.91 Å². The van der Waals surface area contributed by atoms with Crippen molar-refractivity contribution in [2.45, 2.75) is 12.3 Å². The number of carbonyl (C=O) groups excluding carboxylic acids is 1. The van der Waals surface area contributed by atoms with E-state index in [-0.39, 0.29) is 24.0 Å². The fourth-order valence-corrected chi connectivity index (χ4v) is 3.47. The van der Waals surface area contributed by atoms with E-state index >= 15 is 0 Å². The Morgan fingerprint density at radius 2 is 1.90 bits per heavy atom. The summed E-state index contributed by atoms with van der Waals surface area (Å²) >= 11 is 0. The van der Waals surface area contributed by atoms with Gasteiger partial charge in [-0.15, -0.1) is 0 Å². The standard InChI is InChI=1S/C22H22N4O4/c1-29-17-2-4-18(5-3-17)30-14-21(28)26-11-8-16(13-26)19-12-20(27)25-22(24-19)15-6-9-23-10-7-15/h2-7,9-10,12,16H,8,11,13-14H2,1H3,(H,24,25,27)/t16-/m1/s1. The summed E-state index contributed by atoms with van der Waals surface area (Å²) in [5.41, 5.74) is 1.28. The molecular weight excluding hydrogens is 384 g/mol. The predicted molar refractivity (Wildman–Crippen MR) is 111 cm³/mol. The number of benzene rings is 1. The average Bonchev–Trinajstić information content (AvgIpc) is 3.28. The number of hydrogen-bond donors (Lipinski definition) is 1. The number of aromatic nitrogens is 3. The van der Waals surface area contributed by atoms with Crippen LogP contribution in [-0.4, -0.2) is 52.6 Å². The van der Waals surface area contributed by atoms with Crippen molar-refractivity contribution in [3.63, 3.8) is 0 Å². The van der Waals surface area contributed by atoms with E-state index < -0.39 is 0 Å². The molecule has 30 heavy (non-hydrogen) atoms. The molecule has 1 saturated heterocycles. The van der Waals surface area contributed by atoms with E-state index in [0.29, 0.717) is 30.4 Å². The first-order chi connectivity index (χ1) is 14.6. The molecule has 4 rings (SSSR count). The molecule has 0 saturated carbocycles. The molecule has 0 radical (unpaired) electrons. The second-order valence-corrected chi connectivity index (χ2v) is 7.04. The summed E-state index contributed by atoms with van der Waals surface area (Å²) < 4.78 is 10.7. The third-order valence-corrected chi connectivity index (χ3v) is 5.10. The quantitative estimate of drug-likeness (QED) is 0.674. The SMILES string of the molecule is COc1ccc(OCC(=O)N2CC[C@@H](c3cc(=O)[nH]c(-c4ccncc4)n3)C2)cc1. The molecule has 2 aromatic heterocycles. The third kappa shape index (κ3) is 4.48. The number of ether oxygens (including phenoxy) is 2. The molecule has 0 bridgehead atoms. The van der Waals surface area contributed by atoms with Gasteiger partial charge >= 0.3 is 0 Å². The highest BCUT2D eigenvalue weighted by atomic mass is 16.5. The van der Waals surface area contributed by atoms with Gasteiger partial charge in [-0.3, -0.25) is 14.6 Å². The number of H-pyrrole nitrogens is 1. The number of nitrogens with one attached hydrogen (secondary N) is 1. The Labute approximate surface area is 173 Å². The molecule has 1 aromatic carbocycles. The summed E-state index contributed by atoms with van der Waals surface area (Å²) in [6.07, 6.45) is 4.06. The number of likely N-dealkylation sites (tertiary alicyclic amines) is 1. The summed E-state index contributed by atoms with van der Waals surface area (Å²) in [5, 5.41) is 0. The number of aromatic amines is 1. The highest BCUT2D eigenvalue weighted by Crippen LogP contribution is 2.26. The minimum Gasteiger partial charge on any atom is -0.497 e. The average molecular weight is 406 g/mol. The van der Waals surface area contributed by atoms with E-state index in [1.54, 1.807) is 60.8 Å². The number of rotatable bonds is 6. The van der Waals surface area contributed by atoms with Gasteiger partial charge in [-0.1, -0.05) is 0 Å². The van der Waals surface area contributed by atoms with E-state index in [1.807, 2.05) is 0 Å². The first kappa shape index (κ1) is 19.6. The molecule has 1 atom stereocenters. The van der Waals surface area contributed by atoms with Crippen LogP contribution in [0.1, 0.15) is 18.0 Å². The van der Waals surface area contributed by atoms with E-state index in [9.17, 15) is 9.59 Å². The van der Waals surface area contributed by atoms with Crippen LogP contribution in [0.4, 0.5) is 0 Å². The second-order valence-electron chi connectivity index (χ2n) is 7.04. The lowest BCUT2D eigenvalue weighted by molar-refractivity contribution is -0.132. The molecule has 1 fully saturated rings. The fourth-order valence-electron chi connectivity index (χ4n) is 3.47. The van der Waals surface area contributed by atoms with Gasteiger partial charge in [0.25, 0.3) is 11.5 Å². The van der Waals surface area contributed by atoms with Crippen LogP contribution < -0.4 is 15.0 Å². The van der Waals surface area contributed by atoms with Crippen molar-refractivity contribution in [2.24, 2.45) is 0 Å². The van der Waals surface area contributed by atoms with Gasteiger partial charge in [0, 0.05) is 43.0 Å². The molecule has 8 nitrogen and oxygen atoms in total. The van der Waals surface area contributed by atoms with Crippen molar-refractivity contribution in [3.05, 3.63) is 70.9 Å². The Morgan fingerprint density at radius 1 is 1.17 bits per heavy atom. The Bertz CT molecular complexity index is 1070. The van der Waals surface area contributed by atoms with Crippen molar-refractivity contribution in [2.75, 3.05) is 26.8 Å². The zero-order valence-corrected chi connectivity index (χ0v) is 16.6. The Kier molecular flexibility index (Phi) is 5.74. The molecule has 1 aliphatic rings. The van der Waals surface area contributed by atoms with Gasteiger partial charge in [-0.05, 0) is 42.8 Å². The topological polar surface area (TPSA) is 97.4 Å². The van der Waals surface area contributed by atoms with Crippen LogP contribution in [0.3, 0.4) is 0 Å². The van der Waals surface area contributed by atoms with Crippen LogP contribution in [0.15, 0.2) is 59.7 Å². The van der Waals surface area contributed by atoms with Crippen LogP contribution in [0, 0.1) is 0 Å². The summed E-state index contributed by atoms with van der Waals surface area (Å²) in [6, 6.07) is 12.2. The summed E-state index contributed by atoms with van der Waals surface area (Å²) in [4.78, 5) is 37.8. The third-order valence-electron chi connectivity index (χ3n) is 5.10. The monoisotopic (exact) mass is 406 g/mol. The summed E-state index contributed by atoms with van der Waals surface area (Å²) in [7, 11) is 1.60. The minimum absolute atomic E-state index is 0.0119. The van der Waals surface area contributed by atoms with Gasteiger partial charge in [0.05, 0.1) is 12.8 Å². The zero-order chi connectivity index (χ0) is 20.9. The van der Waals surface area contributed by atoms with Crippen LogP contribution >= 0.6 is 0 Å². The van der Waals surface area contributed by atoms with E-state index in [1.165, 1.54) is 6.07 Å². The van der Waals surface area contributed by atoms with E-state index in [2.05, 4.69) is 15.0 Å². The lowest BCUT2D eigenvalue weighted by Gasteiger charge is -2.17. The highest BCUT2D eigenvalue weighted by molar-refractivity contribution is 5.78. The molecule has 8 heteroatoms. The van der Waals surface area contributed by atoms with Crippen molar-refractivity contribution in [3.8, 4) is 22.9 Å². The van der Waals surface area contributed by atoms with Gasteiger partial charge in [0.15, 0.2) is 6.61 Å². The molecule has 3 aromatic rings. The van der Waals surface area contributed by atoms with Crippen LogP contribution in [-0.2, 0) is 4.79 Å². The Hall–Kier alpha value is -3.68. The molecule has 0 aliphatic carbocycles. The fraction of sp³-hybridized carbons (Fsp3) is 0.273. The van der Waals surface area contributed by atoms with Crippen LogP contribution in [0.2, 0.25) is 0 Å².